The van der Waals surface area contributed by atoms with Crippen LogP contribution >= 0.6 is 0 Å². The Morgan fingerprint density at radius 1 is 0.944 bits per heavy atom. The van der Waals surface area contributed by atoms with E-state index < -0.39 is 0 Å². The van der Waals surface area contributed by atoms with Crippen LogP contribution in [0, 0.1) is 11.8 Å². The normalized spacial score (nSPS) is 41.7. The summed E-state index contributed by atoms with van der Waals surface area (Å²) in [4.78, 5) is 5.54. The lowest BCUT2D eigenvalue weighted by molar-refractivity contribution is 0.0915. The Labute approximate surface area is 113 Å². The van der Waals surface area contributed by atoms with Crippen LogP contribution in [0.25, 0.3) is 0 Å². The summed E-state index contributed by atoms with van der Waals surface area (Å²) in [6, 6.07) is 1.49. The molecule has 0 radical (unpaired) electrons. The van der Waals surface area contributed by atoms with Crippen molar-refractivity contribution in [1.82, 2.24) is 9.80 Å². The fourth-order valence-electron chi connectivity index (χ4n) is 5.12. The first-order chi connectivity index (χ1) is 8.52. The van der Waals surface area contributed by atoms with E-state index in [4.69, 9.17) is 0 Å². The second-order valence-corrected chi connectivity index (χ2v) is 7.59. The molecule has 1 aliphatic carbocycles. The van der Waals surface area contributed by atoms with Gasteiger partial charge in [-0.1, -0.05) is 0 Å². The van der Waals surface area contributed by atoms with Crippen molar-refractivity contribution >= 4 is 0 Å². The maximum atomic E-state index is 2.84. The summed E-state index contributed by atoms with van der Waals surface area (Å²) < 4.78 is 0. The van der Waals surface area contributed by atoms with Crippen molar-refractivity contribution in [3.8, 4) is 0 Å². The summed E-state index contributed by atoms with van der Waals surface area (Å²) in [6.07, 6.45) is 5.88. The predicted octanol–water partition coefficient (Wildman–Crippen LogP) is 2.98. The largest absolute Gasteiger partial charge is 0.300 e. The lowest BCUT2D eigenvalue weighted by atomic mass is 9.91. The van der Waals surface area contributed by atoms with Crippen molar-refractivity contribution < 1.29 is 0 Å². The highest BCUT2D eigenvalue weighted by Crippen LogP contribution is 2.52. The van der Waals surface area contributed by atoms with Gasteiger partial charge in [0.15, 0.2) is 0 Å². The molecule has 0 aromatic heterocycles. The van der Waals surface area contributed by atoms with Crippen molar-refractivity contribution in [2.45, 2.75) is 71.0 Å². The second-order valence-electron chi connectivity index (χ2n) is 7.59. The summed E-state index contributed by atoms with van der Waals surface area (Å²) in [7, 11) is 0. The Kier molecular flexibility index (Phi) is 3.22. The average Bonchev–Trinajstić information content (AvgIpc) is 2.91. The summed E-state index contributed by atoms with van der Waals surface area (Å²) in [5.41, 5.74) is 0.604. The van der Waals surface area contributed by atoms with Gasteiger partial charge in [-0.2, -0.15) is 0 Å². The minimum Gasteiger partial charge on any atom is -0.300 e. The van der Waals surface area contributed by atoms with Crippen molar-refractivity contribution in [1.29, 1.82) is 0 Å². The SMILES string of the molecule is CC(C)N1CC2CC3(CCCN3C(C)C)CC2C1. The van der Waals surface area contributed by atoms with Crippen LogP contribution in [-0.4, -0.2) is 47.1 Å². The van der Waals surface area contributed by atoms with E-state index in [0.29, 0.717) is 5.54 Å². The smallest absolute Gasteiger partial charge is 0.0219 e. The van der Waals surface area contributed by atoms with Gasteiger partial charge in [0.2, 0.25) is 0 Å². The molecule has 3 fully saturated rings. The average molecular weight is 250 g/mol. The van der Waals surface area contributed by atoms with Crippen molar-refractivity contribution in [2.24, 2.45) is 11.8 Å². The number of fused-ring (bicyclic) bond motifs is 1. The lowest BCUT2D eigenvalue weighted by Crippen LogP contribution is -2.47. The molecule has 3 rings (SSSR count). The third kappa shape index (κ3) is 1.92. The maximum Gasteiger partial charge on any atom is 0.0219 e. The molecule has 2 nitrogen and oxygen atoms in total. The fraction of sp³-hybridized carbons (Fsp3) is 1.00. The summed E-state index contributed by atoms with van der Waals surface area (Å²) in [5.74, 6) is 1.98. The van der Waals surface area contributed by atoms with Gasteiger partial charge >= 0.3 is 0 Å². The lowest BCUT2D eigenvalue weighted by Gasteiger charge is -2.39. The molecule has 2 saturated heterocycles. The molecule has 2 unspecified atom stereocenters. The van der Waals surface area contributed by atoms with E-state index in [1.54, 1.807) is 0 Å². The van der Waals surface area contributed by atoms with Crippen LogP contribution < -0.4 is 0 Å². The van der Waals surface area contributed by atoms with E-state index in [0.717, 1.165) is 23.9 Å². The predicted molar refractivity (Wildman–Crippen MR) is 76.7 cm³/mol. The van der Waals surface area contributed by atoms with Crippen LogP contribution in [-0.2, 0) is 0 Å². The molecular weight excluding hydrogens is 220 g/mol. The van der Waals surface area contributed by atoms with Gasteiger partial charge in [-0.3, -0.25) is 4.90 Å². The van der Waals surface area contributed by atoms with Crippen molar-refractivity contribution in [3.05, 3.63) is 0 Å². The standard InChI is InChI=1S/C16H30N2/c1-12(2)17-10-14-8-16(9-15(14)11-17)6-5-7-18(16)13(3)4/h12-15H,5-11H2,1-4H3. The van der Waals surface area contributed by atoms with Gasteiger partial charge in [-0.25, -0.2) is 0 Å². The number of rotatable bonds is 2. The van der Waals surface area contributed by atoms with E-state index in [9.17, 15) is 0 Å². The van der Waals surface area contributed by atoms with Gasteiger partial charge in [-0.15, -0.1) is 0 Å². The monoisotopic (exact) mass is 250 g/mol. The maximum absolute atomic E-state index is 2.84. The first kappa shape index (κ1) is 12.9. The zero-order chi connectivity index (χ0) is 12.9. The molecule has 1 saturated carbocycles. The van der Waals surface area contributed by atoms with Crippen LogP contribution in [0.3, 0.4) is 0 Å². The van der Waals surface area contributed by atoms with Gasteiger partial charge < -0.3 is 4.90 Å². The van der Waals surface area contributed by atoms with Gasteiger partial charge in [-0.05, 0) is 71.8 Å². The molecule has 2 aliphatic heterocycles. The van der Waals surface area contributed by atoms with Gasteiger partial charge in [0.05, 0.1) is 0 Å². The molecule has 0 amide bonds. The quantitative estimate of drug-likeness (QED) is 0.743. The Morgan fingerprint density at radius 2 is 1.56 bits per heavy atom. The van der Waals surface area contributed by atoms with Crippen molar-refractivity contribution in [2.75, 3.05) is 19.6 Å². The number of likely N-dealkylation sites (tertiary alicyclic amines) is 2. The molecule has 2 heteroatoms. The second kappa shape index (κ2) is 4.49. The summed E-state index contributed by atoms with van der Waals surface area (Å²) in [5, 5.41) is 0. The molecule has 2 heterocycles. The van der Waals surface area contributed by atoms with Crippen LogP contribution in [0.2, 0.25) is 0 Å². The van der Waals surface area contributed by atoms with Gasteiger partial charge in [0.1, 0.15) is 0 Å². The fourth-order valence-corrected chi connectivity index (χ4v) is 5.12. The third-order valence-electron chi connectivity index (χ3n) is 5.89. The Hall–Kier alpha value is -0.0800. The Morgan fingerprint density at radius 3 is 2.06 bits per heavy atom. The Balaban J connectivity index is 1.70. The molecule has 0 aromatic rings. The number of nitrogens with zero attached hydrogens (tertiary/aromatic N) is 2. The molecule has 1 spiro atoms. The van der Waals surface area contributed by atoms with Crippen LogP contribution in [0.1, 0.15) is 53.4 Å². The van der Waals surface area contributed by atoms with E-state index in [-0.39, 0.29) is 0 Å². The van der Waals surface area contributed by atoms with Crippen molar-refractivity contribution in [3.63, 3.8) is 0 Å². The highest BCUT2D eigenvalue weighted by molar-refractivity contribution is 5.08. The van der Waals surface area contributed by atoms with E-state index in [1.165, 1.54) is 45.3 Å². The van der Waals surface area contributed by atoms with Crippen LogP contribution in [0.15, 0.2) is 0 Å². The van der Waals surface area contributed by atoms with Crippen LogP contribution in [0.5, 0.6) is 0 Å². The topological polar surface area (TPSA) is 6.48 Å². The van der Waals surface area contributed by atoms with Gasteiger partial charge in [0, 0.05) is 30.7 Å². The van der Waals surface area contributed by atoms with E-state index in [2.05, 4.69) is 37.5 Å². The van der Waals surface area contributed by atoms with Gasteiger partial charge in [0.25, 0.3) is 0 Å². The molecule has 0 aromatic carbocycles. The molecule has 18 heavy (non-hydrogen) atoms. The molecule has 2 atom stereocenters. The Bertz CT molecular complexity index is 296. The molecule has 0 N–H and O–H groups in total. The highest BCUT2D eigenvalue weighted by atomic mass is 15.3. The first-order valence-electron chi connectivity index (χ1n) is 8.03. The molecule has 0 bridgehead atoms. The van der Waals surface area contributed by atoms with E-state index in [1.807, 2.05) is 0 Å². The molecular formula is C16H30N2. The minimum absolute atomic E-state index is 0.604. The molecule has 104 valence electrons. The highest BCUT2D eigenvalue weighted by Gasteiger charge is 2.53. The third-order valence-corrected chi connectivity index (χ3v) is 5.89. The number of hydrogen-bond donors (Lipinski definition) is 0. The zero-order valence-electron chi connectivity index (χ0n) is 12.7. The summed E-state index contributed by atoms with van der Waals surface area (Å²) >= 11 is 0. The first-order valence-corrected chi connectivity index (χ1v) is 8.03. The summed E-state index contributed by atoms with van der Waals surface area (Å²) in [6.45, 7) is 13.6. The van der Waals surface area contributed by atoms with E-state index >= 15 is 0 Å². The minimum atomic E-state index is 0.604. The molecule has 3 aliphatic rings. The zero-order valence-corrected chi connectivity index (χ0v) is 12.7. The van der Waals surface area contributed by atoms with Crippen LogP contribution in [0.4, 0.5) is 0 Å². The number of hydrogen-bond acceptors (Lipinski definition) is 2.